The quantitative estimate of drug-likeness (QED) is 0.809. The number of aryl methyl sites for hydroxylation is 1. The monoisotopic (exact) mass is 210 g/mol. The molecule has 0 aliphatic carbocycles. The van der Waals surface area contributed by atoms with E-state index in [2.05, 4.69) is 16.5 Å². The Kier molecular flexibility index (Phi) is 3.07. The van der Waals surface area contributed by atoms with E-state index in [9.17, 15) is 5.11 Å². The molecule has 1 aromatic rings. The van der Waals surface area contributed by atoms with Crippen LogP contribution < -0.4 is 0 Å². The van der Waals surface area contributed by atoms with Crippen LogP contribution in [0.1, 0.15) is 25.6 Å². The van der Waals surface area contributed by atoms with E-state index in [0.717, 1.165) is 12.4 Å². The molecule has 4 nitrogen and oxygen atoms in total. The van der Waals surface area contributed by atoms with Gasteiger partial charge in [0.1, 0.15) is 5.82 Å². The van der Waals surface area contributed by atoms with Crippen molar-refractivity contribution in [2.24, 2.45) is 0 Å². The smallest absolute Gasteiger partial charge is 0.111 e. The van der Waals surface area contributed by atoms with E-state index < -0.39 is 5.60 Å². The first-order chi connectivity index (χ1) is 7.23. The van der Waals surface area contributed by atoms with Gasteiger partial charge < -0.3 is 14.4 Å². The molecule has 84 valence electrons. The second-order valence-corrected chi connectivity index (χ2v) is 4.14. The highest BCUT2D eigenvalue weighted by molar-refractivity contribution is 4.99. The Morgan fingerprint density at radius 2 is 2.27 bits per heavy atom. The van der Waals surface area contributed by atoms with Gasteiger partial charge >= 0.3 is 0 Å². The number of hydrogen-bond acceptors (Lipinski definition) is 3. The average Bonchev–Trinajstić information content (AvgIpc) is 2.65. The molecule has 1 fully saturated rings. The second kappa shape index (κ2) is 4.33. The molecule has 0 bridgehead atoms. The molecule has 0 aromatic carbocycles. The van der Waals surface area contributed by atoms with Crippen LogP contribution in [0.15, 0.2) is 12.4 Å². The van der Waals surface area contributed by atoms with Crippen molar-refractivity contribution in [2.45, 2.75) is 38.3 Å². The van der Waals surface area contributed by atoms with Gasteiger partial charge in [-0.25, -0.2) is 4.98 Å². The lowest BCUT2D eigenvalue weighted by molar-refractivity contribution is -0.0639. The summed E-state index contributed by atoms with van der Waals surface area (Å²) in [7, 11) is 0. The molecule has 0 spiro atoms. The molecule has 4 heteroatoms. The standard InChI is InChI=1S/C11H18N2O2/c1-2-13-6-5-12-10(13)9-11(14)3-7-15-8-4-11/h5-6,14H,2-4,7-9H2,1H3. The summed E-state index contributed by atoms with van der Waals surface area (Å²) in [6, 6.07) is 0. The van der Waals surface area contributed by atoms with Crippen LogP contribution >= 0.6 is 0 Å². The zero-order chi connectivity index (χ0) is 10.7. The number of hydrogen-bond donors (Lipinski definition) is 1. The third kappa shape index (κ3) is 2.38. The minimum atomic E-state index is -0.615. The lowest BCUT2D eigenvalue weighted by atomic mass is 9.90. The average molecular weight is 210 g/mol. The summed E-state index contributed by atoms with van der Waals surface area (Å²) in [6.07, 6.45) is 5.81. The SMILES string of the molecule is CCn1ccnc1CC1(O)CCOCC1. The van der Waals surface area contributed by atoms with Crippen molar-refractivity contribution in [3.63, 3.8) is 0 Å². The van der Waals surface area contributed by atoms with Gasteiger partial charge in [0.2, 0.25) is 0 Å². The van der Waals surface area contributed by atoms with Crippen LogP contribution in [0, 0.1) is 0 Å². The second-order valence-electron chi connectivity index (χ2n) is 4.14. The Balaban J connectivity index is 2.06. The van der Waals surface area contributed by atoms with Gasteiger partial charge in [0.15, 0.2) is 0 Å². The molecule has 0 amide bonds. The van der Waals surface area contributed by atoms with Crippen molar-refractivity contribution < 1.29 is 9.84 Å². The maximum atomic E-state index is 10.3. The van der Waals surface area contributed by atoms with Crippen LogP contribution in [0.2, 0.25) is 0 Å². The van der Waals surface area contributed by atoms with Gasteiger partial charge in [0, 0.05) is 51.4 Å². The fourth-order valence-corrected chi connectivity index (χ4v) is 2.02. The molecular formula is C11H18N2O2. The van der Waals surface area contributed by atoms with Gasteiger partial charge in [-0.3, -0.25) is 0 Å². The number of imidazole rings is 1. The minimum Gasteiger partial charge on any atom is -0.389 e. The van der Waals surface area contributed by atoms with Crippen LogP contribution in [-0.2, 0) is 17.7 Å². The number of ether oxygens (including phenoxy) is 1. The highest BCUT2D eigenvalue weighted by Gasteiger charge is 2.31. The maximum absolute atomic E-state index is 10.3. The number of aromatic nitrogens is 2. The molecule has 0 saturated carbocycles. The highest BCUT2D eigenvalue weighted by Crippen LogP contribution is 2.24. The van der Waals surface area contributed by atoms with Gasteiger partial charge in [-0.1, -0.05) is 0 Å². The van der Waals surface area contributed by atoms with Crippen molar-refractivity contribution in [3.8, 4) is 0 Å². The maximum Gasteiger partial charge on any atom is 0.111 e. The zero-order valence-electron chi connectivity index (χ0n) is 9.15. The van der Waals surface area contributed by atoms with Gasteiger partial charge in [-0.15, -0.1) is 0 Å². The van der Waals surface area contributed by atoms with Crippen LogP contribution in [0.25, 0.3) is 0 Å². The summed E-state index contributed by atoms with van der Waals surface area (Å²) in [5.74, 6) is 0.974. The first-order valence-corrected chi connectivity index (χ1v) is 5.54. The van der Waals surface area contributed by atoms with E-state index in [-0.39, 0.29) is 0 Å². The molecule has 0 atom stereocenters. The topological polar surface area (TPSA) is 47.3 Å². The Labute approximate surface area is 89.9 Å². The lowest BCUT2D eigenvalue weighted by Gasteiger charge is -2.31. The fraction of sp³-hybridized carbons (Fsp3) is 0.727. The summed E-state index contributed by atoms with van der Waals surface area (Å²) >= 11 is 0. The van der Waals surface area contributed by atoms with E-state index in [1.54, 1.807) is 6.20 Å². The Morgan fingerprint density at radius 1 is 1.53 bits per heavy atom. The number of nitrogens with zero attached hydrogens (tertiary/aromatic N) is 2. The van der Waals surface area contributed by atoms with Gasteiger partial charge in [0.25, 0.3) is 0 Å². The molecule has 0 radical (unpaired) electrons. The largest absolute Gasteiger partial charge is 0.389 e. The van der Waals surface area contributed by atoms with E-state index >= 15 is 0 Å². The predicted molar refractivity (Wildman–Crippen MR) is 56.6 cm³/mol. The zero-order valence-corrected chi connectivity index (χ0v) is 9.15. The molecule has 1 aliphatic rings. The molecule has 1 aromatic heterocycles. The normalized spacial score (nSPS) is 20.4. The fourth-order valence-electron chi connectivity index (χ4n) is 2.02. The van der Waals surface area contributed by atoms with Crippen LogP contribution in [0.4, 0.5) is 0 Å². The van der Waals surface area contributed by atoms with Crippen molar-refractivity contribution in [1.29, 1.82) is 0 Å². The van der Waals surface area contributed by atoms with Crippen molar-refractivity contribution in [1.82, 2.24) is 9.55 Å². The van der Waals surface area contributed by atoms with Gasteiger partial charge in [0.05, 0.1) is 5.60 Å². The Hall–Kier alpha value is -0.870. The summed E-state index contributed by atoms with van der Waals surface area (Å²) in [5, 5.41) is 10.3. The lowest BCUT2D eigenvalue weighted by Crippen LogP contribution is -2.38. The third-order valence-corrected chi connectivity index (χ3v) is 3.05. The predicted octanol–water partition coefficient (Wildman–Crippen LogP) is 0.987. The number of aliphatic hydroxyl groups is 1. The highest BCUT2D eigenvalue weighted by atomic mass is 16.5. The summed E-state index contributed by atoms with van der Waals surface area (Å²) < 4.78 is 7.33. The third-order valence-electron chi connectivity index (χ3n) is 3.05. The van der Waals surface area contributed by atoms with Gasteiger partial charge in [-0.2, -0.15) is 0 Å². The van der Waals surface area contributed by atoms with Crippen molar-refractivity contribution in [3.05, 3.63) is 18.2 Å². The Morgan fingerprint density at radius 3 is 2.93 bits per heavy atom. The molecule has 1 aliphatic heterocycles. The molecule has 1 N–H and O–H groups in total. The molecule has 1 saturated heterocycles. The van der Waals surface area contributed by atoms with E-state index in [1.807, 2.05) is 6.20 Å². The van der Waals surface area contributed by atoms with Crippen LogP contribution in [-0.4, -0.2) is 33.5 Å². The van der Waals surface area contributed by atoms with Crippen LogP contribution in [0.3, 0.4) is 0 Å². The molecular weight excluding hydrogens is 192 g/mol. The molecule has 2 heterocycles. The summed E-state index contributed by atoms with van der Waals surface area (Å²) in [6.45, 7) is 4.30. The van der Waals surface area contributed by atoms with Crippen molar-refractivity contribution >= 4 is 0 Å². The Bertz CT molecular complexity index is 316. The van der Waals surface area contributed by atoms with E-state index in [4.69, 9.17) is 4.74 Å². The molecule has 0 unspecified atom stereocenters. The first-order valence-electron chi connectivity index (χ1n) is 5.54. The first kappa shape index (κ1) is 10.6. The summed E-state index contributed by atoms with van der Waals surface area (Å²) in [4.78, 5) is 4.29. The van der Waals surface area contributed by atoms with Gasteiger partial charge in [-0.05, 0) is 6.92 Å². The molecule has 15 heavy (non-hydrogen) atoms. The number of rotatable bonds is 3. The summed E-state index contributed by atoms with van der Waals surface area (Å²) in [5.41, 5.74) is -0.615. The van der Waals surface area contributed by atoms with Crippen LogP contribution in [0.5, 0.6) is 0 Å². The van der Waals surface area contributed by atoms with E-state index in [0.29, 0.717) is 32.5 Å². The van der Waals surface area contributed by atoms with E-state index in [1.165, 1.54) is 0 Å². The van der Waals surface area contributed by atoms with Crippen molar-refractivity contribution in [2.75, 3.05) is 13.2 Å². The minimum absolute atomic E-state index is 0.615. The molecule has 2 rings (SSSR count).